The fourth-order valence-electron chi connectivity index (χ4n) is 0.743. The molecule has 0 bridgehead atoms. The van der Waals surface area contributed by atoms with Gasteiger partial charge in [-0.2, -0.15) is 0 Å². The summed E-state index contributed by atoms with van der Waals surface area (Å²) in [6.07, 6.45) is 2.21. The number of aryl methyl sites for hydroxylation is 1. The van der Waals surface area contributed by atoms with Crippen molar-refractivity contribution in [1.82, 2.24) is 0 Å². The summed E-state index contributed by atoms with van der Waals surface area (Å²) in [5.41, 5.74) is 6.43. The summed E-state index contributed by atoms with van der Waals surface area (Å²) in [4.78, 5) is 0.470. The van der Waals surface area contributed by atoms with E-state index in [0.717, 1.165) is 11.3 Å². The highest BCUT2D eigenvalue weighted by Gasteiger charge is 2.01. The Morgan fingerprint density at radius 3 is 2.90 bits per heavy atom. The number of furan rings is 1. The highest BCUT2D eigenvalue weighted by atomic mass is 32.1. The fraction of sp³-hybridized carbons (Fsp3) is 0.286. The minimum Gasteiger partial charge on any atom is -0.469 e. The van der Waals surface area contributed by atoms with E-state index in [2.05, 4.69) is 0 Å². The van der Waals surface area contributed by atoms with Crippen molar-refractivity contribution >= 4 is 17.2 Å². The van der Waals surface area contributed by atoms with E-state index in [1.54, 1.807) is 6.26 Å². The molecule has 1 aromatic rings. The second-order valence-corrected chi connectivity index (χ2v) is 2.69. The quantitative estimate of drug-likeness (QED) is 0.656. The molecule has 1 aromatic heterocycles. The molecule has 3 heteroatoms. The standard InChI is InChI=1S/C7H9NOS/c1-5-2-3-9-6(5)4-7(8)10/h2-3H,4H2,1H3,(H2,8,10). The Hall–Kier alpha value is -0.830. The van der Waals surface area contributed by atoms with Crippen LogP contribution in [-0.4, -0.2) is 4.99 Å². The first-order valence-corrected chi connectivity index (χ1v) is 3.42. The maximum absolute atomic E-state index is 5.32. The first-order chi connectivity index (χ1) is 4.70. The van der Waals surface area contributed by atoms with E-state index in [9.17, 15) is 0 Å². The van der Waals surface area contributed by atoms with Crippen molar-refractivity contribution in [2.24, 2.45) is 5.73 Å². The number of hydrogen-bond acceptors (Lipinski definition) is 2. The lowest BCUT2D eigenvalue weighted by Crippen LogP contribution is -2.10. The van der Waals surface area contributed by atoms with Gasteiger partial charge >= 0.3 is 0 Å². The van der Waals surface area contributed by atoms with Crippen molar-refractivity contribution in [3.05, 3.63) is 23.7 Å². The van der Waals surface area contributed by atoms with Gasteiger partial charge in [0.15, 0.2) is 0 Å². The SMILES string of the molecule is Cc1ccoc1CC(N)=S. The van der Waals surface area contributed by atoms with Gasteiger partial charge in [0, 0.05) is 0 Å². The van der Waals surface area contributed by atoms with Crippen molar-refractivity contribution in [3.63, 3.8) is 0 Å². The summed E-state index contributed by atoms with van der Waals surface area (Å²) < 4.78 is 5.11. The molecule has 0 atom stereocenters. The Bertz CT molecular complexity index is 242. The van der Waals surface area contributed by atoms with Crippen LogP contribution in [0.2, 0.25) is 0 Å². The van der Waals surface area contributed by atoms with E-state index in [-0.39, 0.29) is 0 Å². The number of hydrogen-bond donors (Lipinski definition) is 1. The zero-order chi connectivity index (χ0) is 7.56. The largest absolute Gasteiger partial charge is 0.469 e. The Balaban J connectivity index is 2.74. The van der Waals surface area contributed by atoms with E-state index in [1.165, 1.54) is 0 Å². The summed E-state index contributed by atoms with van der Waals surface area (Å²) in [7, 11) is 0. The number of nitrogens with two attached hydrogens (primary N) is 1. The van der Waals surface area contributed by atoms with Gasteiger partial charge in [0.25, 0.3) is 0 Å². The molecular weight excluding hydrogens is 146 g/mol. The molecule has 0 aliphatic carbocycles. The lowest BCUT2D eigenvalue weighted by Gasteiger charge is -1.93. The van der Waals surface area contributed by atoms with Gasteiger partial charge in [0.2, 0.25) is 0 Å². The van der Waals surface area contributed by atoms with E-state index < -0.39 is 0 Å². The van der Waals surface area contributed by atoms with E-state index in [4.69, 9.17) is 22.4 Å². The van der Waals surface area contributed by atoms with Crippen LogP contribution in [0.25, 0.3) is 0 Å². The van der Waals surface area contributed by atoms with Gasteiger partial charge in [-0.3, -0.25) is 0 Å². The molecule has 0 spiro atoms. The third-order valence-electron chi connectivity index (χ3n) is 1.30. The summed E-state index contributed by atoms with van der Waals surface area (Å²) in [5.74, 6) is 0.868. The molecule has 0 aromatic carbocycles. The van der Waals surface area contributed by atoms with Crippen LogP contribution in [0.5, 0.6) is 0 Å². The van der Waals surface area contributed by atoms with Crippen LogP contribution in [0.4, 0.5) is 0 Å². The van der Waals surface area contributed by atoms with Crippen LogP contribution < -0.4 is 5.73 Å². The van der Waals surface area contributed by atoms with Gasteiger partial charge in [-0.25, -0.2) is 0 Å². The fourth-order valence-corrected chi connectivity index (χ4v) is 0.875. The Morgan fingerprint density at radius 2 is 2.50 bits per heavy atom. The molecule has 1 rings (SSSR count). The molecule has 0 saturated heterocycles. The Labute approximate surface area is 65.0 Å². The molecule has 0 fully saturated rings. The highest BCUT2D eigenvalue weighted by molar-refractivity contribution is 7.80. The molecule has 2 N–H and O–H groups in total. The average Bonchev–Trinajstić information content (AvgIpc) is 2.15. The molecule has 1 heterocycles. The predicted octanol–water partition coefficient (Wildman–Crippen LogP) is 1.42. The van der Waals surface area contributed by atoms with Gasteiger partial charge in [-0.1, -0.05) is 12.2 Å². The van der Waals surface area contributed by atoms with Crippen molar-refractivity contribution in [1.29, 1.82) is 0 Å². The monoisotopic (exact) mass is 155 g/mol. The third kappa shape index (κ3) is 1.57. The van der Waals surface area contributed by atoms with Gasteiger partial charge in [0.1, 0.15) is 5.76 Å². The van der Waals surface area contributed by atoms with Crippen LogP contribution in [0.3, 0.4) is 0 Å². The zero-order valence-corrected chi connectivity index (χ0v) is 6.57. The van der Waals surface area contributed by atoms with Crippen LogP contribution in [-0.2, 0) is 6.42 Å². The molecule has 0 amide bonds. The minimum absolute atomic E-state index is 0.470. The molecule has 54 valence electrons. The summed E-state index contributed by atoms with van der Waals surface area (Å²) >= 11 is 4.72. The first-order valence-electron chi connectivity index (χ1n) is 3.01. The Morgan fingerprint density at radius 1 is 1.80 bits per heavy atom. The van der Waals surface area contributed by atoms with Gasteiger partial charge < -0.3 is 10.2 Å². The van der Waals surface area contributed by atoms with Crippen LogP contribution >= 0.6 is 12.2 Å². The van der Waals surface area contributed by atoms with Crippen LogP contribution in [0.15, 0.2) is 16.7 Å². The Kier molecular flexibility index (Phi) is 2.06. The molecular formula is C7H9NOS. The molecule has 2 nitrogen and oxygen atoms in total. The summed E-state index contributed by atoms with van der Waals surface area (Å²) in [5, 5.41) is 0. The lowest BCUT2D eigenvalue weighted by molar-refractivity contribution is 0.524. The molecule has 10 heavy (non-hydrogen) atoms. The smallest absolute Gasteiger partial charge is 0.113 e. The van der Waals surface area contributed by atoms with Crippen molar-refractivity contribution < 1.29 is 4.42 Å². The van der Waals surface area contributed by atoms with Gasteiger partial charge in [-0.15, -0.1) is 0 Å². The maximum Gasteiger partial charge on any atom is 0.113 e. The predicted molar refractivity (Wildman–Crippen MR) is 43.9 cm³/mol. The zero-order valence-electron chi connectivity index (χ0n) is 5.76. The van der Waals surface area contributed by atoms with Crippen LogP contribution in [0, 0.1) is 6.92 Å². The van der Waals surface area contributed by atoms with Crippen molar-refractivity contribution in [3.8, 4) is 0 Å². The molecule has 0 aliphatic rings. The molecule has 0 radical (unpaired) electrons. The second-order valence-electron chi connectivity index (χ2n) is 2.17. The normalized spacial score (nSPS) is 9.70. The average molecular weight is 155 g/mol. The maximum atomic E-state index is 5.32. The molecule has 0 saturated carbocycles. The van der Waals surface area contributed by atoms with E-state index in [1.807, 2.05) is 13.0 Å². The van der Waals surface area contributed by atoms with Gasteiger partial charge in [-0.05, 0) is 18.6 Å². The third-order valence-corrected chi connectivity index (χ3v) is 1.45. The second kappa shape index (κ2) is 2.84. The van der Waals surface area contributed by atoms with Crippen molar-refractivity contribution in [2.45, 2.75) is 13.3 Å². The van der Waals surface area contributed by atoms with Gasteiger partial charge in [0.05, 0.1) is 17.7 Å². The first kappa shape index (κ1) is 7.28. The van der Waals surface area contributed by atoms with E-state index >= 15 is 0 Å². The topological polar surface area (TPSA) is 39.2 Å². The van der Waals surface area contributed by atoms with E-state index in [0.29, 0.717) is 11.4 Å². The summed E-state index contributed by atoms with van der Waals surface area (Å²) in [6, 6.07) is 1.90. The minimum atomic E-state index is 0.470. The number of rotatable bonds is 2. The van der Waals surface area contributed by atoms with Crippen molar-refractivity contribution in [2.75, 3.05) is 0 Å². The molecule has 0 unspecified atom stereocenters. The highest BCUT2D eigenvalue weighted by Crippen LogP contribution is 2.08. The lowest BCUT2D eigenvalue weighted by atomic mass is 10.2. The number of thiocarbonyl (C=S) groups is 1. The molecule has 0 aliphatic heterocycles. The van der Waals surface area contributed by atoms with Crippen LogP contribution in [0.1, 0.15) is 11.3 Å². The summed E-state index contributed by atoms with van der Waals surface area (Å²) in [6.45, 7) is 1.97.